The molecule has 2 aromatic rings. The van der Waals surface area contributed by atoms with E-state index >= 15 is 0 Å². The van der Waals surface area contributed by atoms with Crippen LogP contribution in [0.5, 0.6) is 5.75 Å². The molecular weight excluding hydrogens is 238 g/mol. The Hall–Kier alpha value is -2.29. The number of Topliss-reactive ketones (excluding diaryl/α,β-unsaturated/α-hetero) is 1. The lowest BCUT2D eigenvalue weighted by molar-refractivity contribution is 0.0988. The van der Waals surface area contributed by atoms with Crippen LogP contribution in [0, 0.1) is 0 Å². The Morgan fingerprint density at radius 2 is 1.89 bits per heavy atom. The van der Waals surface area contributed by atoms with Crippen molar-refractivity contribution in [2.45, 2.75) is 20.0 Å². The van der Waals surface area contributed by atoms with E-state index in [9.17, 15) is 4.79 Å². The molecule has 98 valence electrons. The highest BCUT2D eigenvalue weighted by atomic mass is 16.5. The number of hydrogen-bond acceptors (Lipinski definition) is 3. The highest BCUT2D eigenvalue weighted by Crippen LogP contribution is 2.22. The molecule has 0 spiro atoms. The van der Waals surface area contributed by atoms with E-state index in [0.717, 1.165) is 5.56 Å². The van der Waals surface area contributed by atoms with Crippen LogP contribution >= 0.6 is 0 Å². The van der Waals surface area contributed by atoms with Crippen molar-refractivity contribution in [3.63, 3.8) is 0 Å². The van der Waals surface area contributed by atoms with Crippen LogP contribution in [-0.4, -0.2) is 5.78 Å². The normalized spacial score (nSPS) is 10.2. The van der Waals surface area contributed by atoms with Gasteiger partial charge in [-0.05, 0) is 23.8 Å². The quantitative estimate of drug-likeness (QED) is 0.657. The first kappa shape index (κ1) is 13.1. The van der Waals surface area contributed by atoms with Crippen molar-refractivity contribution in [2.24, 2.45) is 0 Å². The fraction of sp³-hybridized carbons (Fsp3) is 0.188. The number of carbonyl (C=O) groups excluding carboxylic acids is 1. The summed E-state index contributed by atoms with van der Waals surface area (Å²) in [6.07, 6.45) is 0.437. The second-order valence-electron chi connectivity index (χ2n) is 4.30. The Balaban J connectivity index is 2.11. The highest BCUT2D eigenvalue weighted by Gasteiger charge is 2.09. The Kier molecular flexibility index (Phi) is 4.18. The minimum atomic E-state index is 0.0302. The largest absolute Gasteiger partial charge is 0.489 e. The summed E-state index contributed by atoms with van der Waals surface area (Å²) in [5.41, 5.74) is 7.92. The molecule has 0 aliphatic rings. The van der Waals surface area contributed by atoms with Gasteiger partial charge < -0.3 is 10.5 Å². The average molecular weight is 255 g/mol. The molecule has 2 rings (SSSR count). The van der Waals surface area contributed by atoms with Crippen molar-refractivity contribution in [2.75, 3.05) is 5.73 Å². The summed E-state index contributed by atoms with van der Waals surface area (Å²) in [6.45, 7) is 2.30. The minimum Gasteiger partial charge on any atom is -0.489 e. The Morgan fingerprint density at radius 3 is 2.58 bits per heavy atom. The topological polar surface area (TPSA) is 52.3 Å². The summed E-state index contributed by atoms with van der Waals surface area (Å²) in [6, 6.07) is 15.1. The first-order chi connectivity index (χ1) is 9.20. The van der Waals surface area contributed by atoms with E-state index in [2.05, 4.69) is 0 Å². The fourth-order valence-electron chi connectivity index (χ4n) is 1.80. The van der Waals surface area contributed by atoms with Crippen LogP contribution in [0.4, 0.5) is 5.69 Å². The standard InChI is InChI=1S/C16H17NO2/c1-2-16(18)14-10-13(8-9-15(14)17)19-11-12-6-4-3-5-7-12/h3-10H,2,11,17H2,1H3. The molecule has 2 N–H and O–H groups in total. The van der Waals surface area contributed by atoms with Crippen LogP contribution in [0.2, 0.25) is 0 Å². The van der Waals surface area contributed by atoms with Gasteiger partial charge in [0.05, 0.1) is 0 Å². The first-order valence-corrected chi connectivity index (χ1v) is 6.30. The van der Waals surface area contributed by atoms with Gasteiger partial charge in [0, 0.05) is 17.7 Å². The van der Waals surface area contributed by atoms with Gasteiger partial charge in [-0.1, -0.05) is 37.3 Å². The Bertz CT molecular complexity index is 564. The van der Waals surface area contributed by atoms with Crippen molar-refractivity contribution in [3.8, 4) is 5.75 Å². The van der Waals surface area contributed by atoms with Crippen LogP contribution in [0.25, 0.3) is 0 Å². The monoisotopic (exact) mass is 255 g/mol. The first-order valence-electron chi connectivity index (χ1n) is 6.30. The summed E-state index contributed by atoms with van der Waals surface area (Å²) >= 11 is 0. The number of rotatable bonds is 5. The molecule has 0 radical (unpaired) electrons. The molecule has 0 atom stereocenters. The third kappa shape index (κ3) is 3.35. The van der Waals surface area contributed by atoms with Gasteiger partial charge in [0.2, 0.25) is 0 Å². The van der Waals surface area contributed by atoms with E-state index in [4.69, 9.17) is 10.5 Å². The number of hydrogen-bond donors (Lipinski definition) is 1. The van der Waals surface area contributed by atoms with Crippen molar-refractivity contribution in [1.82, 2.24) is 0 Å². The lowest BCUT2D eigenvalue weighted by Crippen LogP contribution is -2.03. The van der Waals surface area contributed by atoms with E-state index in [1.165, 1.54) is 0 Å². The number of benzene rings is 2. The molecule has 3 nitrogen and oxygen atoms in total. The number of anilines is 1. The predicted octanol–water partition coefficient (Wildman–Crippen LogP) is 3.44. The van der Waals surface area contributed by atoms with Gasteiger partial charge >= 0.3 is 0 Å². The molecule has 0 aromatic heterocycles. The van der Waals surface area contributed by atoms with E-state index in [1.807, 2.05) is 37.3 Å². The van der Waals surface area contributed by atoms with Crippen molar-refractivity contribution >= 4 is 11.5 Å². The molecular formula is C16H17NO2. The molecule has 0 bridgehead atoms. The molecule has 0 saturated heterocycles. The smallest absolute Gasteiger partial charge is 0.164 e. The summed E-state index contributed by atoms with van der Waals surface area (Å²) in [7, 11) is 0. The molecule has 0 unspecified atom stereocenters. The lowest BCUT2D eigenvalue weighted by atomic mass is 10.1. The zero-order chi connectivity index (χ0) is 13.7. The number of carbonyl (C=O) groups is 1. The predicted molar refractivity (Wildman–Crippen MR) is 76.2 cm³/mol. The Morgan fingerprint density at radius 1 is 1.16 bits per heavy atom. The lowest BCUT2D eigenvalue weighted by Gasteiger charge is -2.09. The molecule has 0 aliphatic carbocycles. The second kappa shape index (κ2) is 6.05. The van der Waals surface area contributed by atoms with Crippen LogP contribution in [-0.2, 0) is 6.61 Å². The minimum absolute atomic E-state index is 0.0302. The molecule has 0 saturated carbocycles. The maximum absolute atomic E-state index is 11.7. The van der Waals surface area contributed by atoms with Crippen LogP contribution in [0.1, 0.15) is 29.3 Å². The second-order valence-corrected chi connectivity index (χ2v) is 4.30. The van der Waals surface area contributed by atoms with Crippen molar-refractivity contribution in [1.29, 1.82) is 0 Å². The van der Waals surface area contributed by atoms with Crippen LogP contribution in [0.3, 0.4) is 0 Å². The number of nitrogens with two attached hydrogens (primary N) is 1. The van der Waals surface area contributed by atoms with Gasteiger partial charge in [-0.2, -0.15) is 0 Å². The van der Waals surface area contributed by atoms with E-state index in [1.54, 1.807) is 18.2 Å². The van der Waals surface area contributed by atoms with E-state index in [-0.39, 0.29) is 5.78 Å². The van der Waals surface area contributed by atoms with Gasteiger partial charge in [-0.3, -0.25) is 4.79 Å². The summed E-state index contributed by atoms with van der Waals surface area (Å²) in [5, 5.41) is 0. The summed E-state index contributed by atoms with van der Waals surface area (Å²) < 4.78 is 5.67. The van der Waals surface area contributed by atoms with Crippen LogP contribution < -0.4 is 10.5 Å². The highest BCUT2D eigenvalue weighted by molar-refractivity contribution is 6.00. The zero-order valence-corrected chi connectivity index (χ0v) is 10.9. The molecule has 0 fully saturated rings. The maximum atomic E-state index is 11.7. The Labute approximate surface area is 113 Å². The zero-order valence-electron chi connectivity index (χ0n) is 10.9. The third-order valence-electron chi connectivity index (χ3n) is 2.89. The van der Waals surface area contributed by atoms with Gasteiger partial charge in [-0.15, -0.1) is 0 Å². The molecule has 19 heavy (non-hydrogen) atoms. The third-order valence-corrected chi connectivity index (χ3v) is 2.89. The summed E-state index contributed by atoms with van der Waals surface area (Å²) in [4.78, 5) is 11.7. The molecule has 2 aromatic carbocycles. The number of ketones is 1. The van der Waals surface area contributed by atoms with Gasteiger partial charge in [-0.25, -0.2) is 0 Å². The molecule has 0 amide bonds. The molecule has 0 heterocycles. The number of ether oxygens (including phenoxy) is 1. The van der Waals surface area contributed by atoms with Crippen molar-refractivity contribution < 1.29 is 9.53 Å². The molecule has 3 heteroatoms. The summed E-state index contributed by atoms with van der Waals surface area (Å²) in [5.74, 6) is 0.692. The van der Waals surface area contributed by atoms with Gasteiger partial charge in [0.1, 0.15) is 12.4 Å². The van der Waals surface area contributed by atoms with E-state index < -0.39 is 0 Å². The van der Waals surface area contributed by atoms with Crippen molar-refractivity contribution in [3.05, 3.63) is 59.7 Å². The van der Waals surface area contributed by atoms with E-state index in [0.29, 0.717) is 30.0 Å². The SMILES string of the molecule is CCC(=O)c1cc(OCc2ccccc2)ccc1N. The fourth-order valence-corrected chi connectivity index (χ4v) is 1.80. The molecule has 0 aliphatic heterocycles. The average Bonchev–Trinajstić information content (AvgIpc) is 2.46. The van der Waals surface area contributed by atoms with Gasteiger partial charge in [0.15, 0.2) is 5.78 Å². The van der Waals surface area contributed by atoms with Crippen LogP contribution in [0.15, 0.2) is 48.5 Å². The maximum Gasteiger partial charge on any atom is 0.164 e. The number of nitrogen functional groups attached to an aromatic ring is 1. The van der Waals surface area contributed by atoms with Gasteiger partial charge in [0.25, 0.3) is 0 Å².